The molecule has 1 aliphatic rings. The summed E-state index contributed by atoms with van der Waals surface area (Å²) in [6, 6.07) is -0.0780. The Morgan fingerprint density at radius 3 is 2.44 bits per heavy atom. The Hall–Kier alpha value is -1.10. The molecule has 0 atom stereocenters. The Bertz CT molecular complexity index is 250. The molecule has 0 aliphatic heterocycles. The molecule has 0 aromatic heterocycles. The fourth-order valence-electron chi connectivity index (χ4n) is 2.03. The van der Waals surface area contributed by atoms with Gasteiger partial charge in [0.2, 0.25) is 5.91 Å². The summed E-state index contributed by atoms with van der Waals surface area (Å²) >= 11 is 0. The van der Waals surface area contributed by atoms with E-state index in [4.69, 9.17) is 5.73 Å². The highest BCUT2D eigenvalue weighted by Crippen LogP contribution is 2.17. The summed E-state index contributed by atoms with van der Waals surface area (Å²) in [7, 11) is 0. The van der Waals surface area contributed by atoms with Crippen LogP contribution in [-0.2, 0) is 4.79 Å². The van der Waals surface area contributed by atoms with E-state index in [-0.39, 0.29) is 24.5 Å². The number of imide groups is 1. The standard InChI is InChI=1S/C11H21N3O2/c1-9(15)14(8-7-12)11(16)13-10-5-3-2-4-6-10/h10H,2-8,12H2,1H3,(H,13,16). The molecule has 3 amide bonds. The van der Waals surface area contributed by atoms with E-state index in [9.17, 15) is 9.59 Å². The molecule has 0 saturated heterocycles. The van der Waals surface area contributed by atoms with E-state index >= 15 is 0 Å². The van der Waals surface area contributed by atoms with Gasteiger partial charge in [0.15, 0.2) is 0 Å². The van der Waals surface area contributed by atoms with Gasteiger partial charge in [-0.05, 0) is 12.8 Å². The normalized spacial score (nSPS) is 16.9. The molecule has 5 nitrogen and oxygen atoms in total. The van der Waals surface area contributed by atoms with Crippen LogP contribution in [0.4, 0.5) is 4.79 Å². The maximum absolute atomic E-state index is 11.8. The van der Waals surface area contributed by atoms with Gasteiger partial charge in [-0.1, -0.05) is 19.3 Å². The summed E-state index contributed by atoms with van der Waals surface area (Å²) in [6.07, 6.45) is 5.58. The third-order valence-corrected chi connectivity index (χ3v) is 2.91. The van der Waals surface area contributed by atoms with Crippen LogP contribution in [0.5, 0.6) is 0 Å². The van der Waals surface area contributed by atoms with Crippen LogP contribution in [0.1, 0.15) is 39.0 Å². The topological polar surface area (TPSA) is 75.4 Å². The number of hydrogen-bond acceptors (Lipinski definition) is 3. The Balaban J connectivity index is 2.44. The van der Waals surface area contributed by atoms with Crippen LogP contribution in [0.15, 0.2) is 0 Å². The SMILES string of the molecule is CC(=O)N(CCN)C(=O)NC1CCCCC1. The number of carbonyl (C=O) groups excluding carboxylic acids is 2. The lowest BCUT2D eigenvalue weighted by Crippen LogP contribution is -2.48. The van der Waals surface area contributed by atoms with Crippen molar-refractivity contribution in [3.8, 4) is 0 Å². The van der Waals surface area contributed by atoms with E-state index in [1.807, 2.05) is 0 Å². The molecule has 1 aliphatic carbocycles. The molecule has 1 saturated carbocycles. The highest BCUT2D eigenvalue weighted by atomic mass is 16.2. The Kier molecular flexibility index (Phi) is 5.25. The van der Waals surface area contributed by atoms with Gasteiger partial charge in [0, 0.05) is 26.1 Å². The van der Waals surface area contributed by atoms with Crippen LogP contribution < -0.4 is 11.1 Å². The van der Waals surface area contributed by atoms with Crippen molar-refractivity contribution >= 4 is 11.9 Å². The molecular weight excluding hydrogens is 206 g/mol. The van der Waals surface area contributed by atoms with Crippen molar-refractivity contribution in [2.24, 2.45) is 5.73 Å². The lowest BCUT2D eigenvalue weighted by molar-refractivity contribution is -0.125. The van der Waals surface area contributed by atoms with E-state index in [1.54, 1.807) is 0 Å². The molecule has 16 heavy (non-hydrogen) atoms. The van der Waals surface area contributed by atoms with E-state index in [1.165, 1.54) is 18.2 Å². The van der Waals surface area contributed by atoms with Gasteiger partial charge in [-0.25, -0.2) is 4.79 Å². The molecule has 5 heteroatoms. The fourth-order valence-corrected chi connectivity index (χ4v) is 2.03. The summed E-state index contributed by atoms with van der Waals surface area (Å²) in [4.78, 5) is 24.2. The first-order valence-electron chi connectivity index (χ1n) is 5.94. The maximum Gasteiger partial charge on any atom is 0.324 e. The van der Waals surface area contributed by atoms with Gasteiger partial charge in [0.05, 0.1) is 0 Å². The second-order valence-electron chi connectivity index (χ2n) is 4.24. The Morgan fingerprint density at radius 2 is 1.94 bits per heavy atom. The summed E-state index contributed by atoms with van der Waals surface area (Å²) in [5.74, 6) is -0.251. The molecule has 0 unspecified atom stereocenters. The minimum atomic E-state index is -0.301. The van der Waals surface area contributed by atoms with Gasteiger partial charge < -0.3 is 11.1 Å². The van der Waals surface area contributed by atoms with Crippen molar-refractivity contribution < 1.29 is 9.59 Å². The van der Waals surface area contributed by atoms with Gasteiger partial charge in [-0.3, -0.25) is 9.69 Å². The first-order valence-corrected chi connectivity index (χ1v) is 5.94. The molecule has 0 spiro atoms. The smallest absolute Gasteiger partial charge is 0.324 e. The Labute approximate surface area is 96.4 Å². The van der Waals surface area contributed by atoms with Gasteiger partial charge in [0.25, 0.3) is 0 Å². The van der Waals surface area contributed by atoms with Crippen molar-refractivity contribution in [2.45, 2.75) is 45.1 Å². The van der Waals surface area contributed by atoms with Crippen molar-refractivity contribution in [1.29, 1.82) is 0 Å². The summed E-state index contributed by atoms with van der Waals surface area (Å²) in [6.45, 7) is 1.97. The quantitative estimate of drug-likeness (QED) is 0.750. The second kappa shape index (κ2) is 6.48. The zero-order valence-corrected chi connectivity index (χ0v) is 9.87. The van der Waals surface area contributed by atoms with Gasteiger partial charge in [-0.2, -0.15) is 0 Å². The van der Waals surface area contributed by atoms with Crippen LogP contribution in [-0.4, -0.2) is 36.0 Å². The number of hydrogen-bond donors (Lipinski definition) is 2. The Morgan fingerprint density at radius 1 is 1.31 bits per heavy atom. The molecule has 0 heterocycles. The minimum Gasteiger partial charge on any atom is -0.335 e. The number of nitrogens with two attached hydrogens (primary N) is 1. The van der Waals surface area contributed by atoms with Crippen molar-refractivity contribution in [2.75, 3.05) is 13.1 Å². The minimum absolute atomic E-state index is 0.223. The van der Waals surface area contributed by atoms with Gasteiger partial charge in [-0.15, -0.1) is 0 Å². The number of nitrogens with one attached hydrogen (secondary N) is 1. The third-order valence-electron chi connectivity index (χ3n) is 2.91. The zero-order valence-electron chi connectivity index (χ0n) is 9.87. The van der Waals surface area contributed by atoms with Crippen LogP contribution >= 0.6 is 0 Å². The van der Waals surface area contributed by atoms with Crippen LogP contribution in [0.3, 0.4) is 0 Å². The molecule has 1 rings (SSSR count). The highest BCUT2D eigenvalue weighted by Gasteiger charge is 2.21. The van der Waals surface area contributed by atoms with E-state index in [0.29, 0.717) is 6.54 Å². The monoisotopic (exact) mass is 227 g/mol. The fraction of sp³-hybridized carbons (Fsp3) is 0.818. The first kappa shape index (κ1) is 13.0. The number of nitrogens with zero attached hydrogens (tertiary/aromatic N) is 1. The van der Waals surface area contributed by atoms with Crippen molar-refractivity contribution in [3.63, 3.8) is 0 Å². The molecule has 0 bridgehead atoms. The maximum atomic E-state index is 11.8. The molecule has 92 valence electrons. The largest absolute Gasteiger partial charge is 0.335 e. The van der Waals surface area contributed by atoms with Crippen molar-refractivity contribution in [1.82, 2.24) is 10.2 Å². The second-order valence-corrected chi connectivity index (χ2v) is 4.24. The average Bonchev–Trinajstić information content (AvgIpc) is 2.26. The highest BCUT2D eigenvalue weighted by molar-refractivity contribution is 5.93. The molecular formula is C11H21N3O2. The average molecular weight is 227 g/mol. The van der Waals surface area contributed by atoms with Crippen LogP contribution in [0, 0.1) is 0 Å². The van der Waals surface area contributed by atoms with E-state index in [2.05, 4.69) is 5.32 Å². The number of rotatable bonds is 3. The summed E-state index contributed by atoms with van der Waals surface area (Å²) < 4.78 is 0. The molecule has 3 N–H and O–H groups in total. The lowest BCUT2D eigenvalue weighted by atomic mass is 9.96. The molecule has 0 radical (unpaired) electrons. The summed E-state index contributed by atoms with van der Waals surface area (Å²) in [5.41, 5.74) is 5.36. The zero-order chi connectivity index (χ0) is 12.0. The van der Waals surface area contributed by atoms with Crippen LogP contribution in [0.25, 0.3) is 0 Å². The lowest BCUT2D eigenvalue weighted by Gasteiger charge is -2.26. The van der Waals surface area contributed by atoms with E-state index < -0.39 is 0 Å². The molecule has 0 aromatic carbocycles. The number of carbonyl (C=O) groups is 2. The number of amides is 3. The predicted octanol–water partition coefficient (Wildman–Crippen LogP) is 0.836. The third kappa shape index (κ3) is 3.81. The molecule has 1 fully saturated rings. The van der Waals surface area contributed by atoms with E-state index in [0.717, 1.165) is 25.7 Å². The predicted molar refractivity (Wildman–Crippen MR) is 61.8 cm³/mol. The van der Waals surface area contributed by atoms with Gasteiger partial charge >= 0.3 is 6.03 Å². The molecule has 0 aromatic rings. The first-order chi connectivity index (χ1) is 7.65. The van der Waals surface area contributed by atoms with Crippen LogP contribution in [0.2, 0.25) is 0 Å². The van der Waals surface area contributed by atoms with Crippen molar-refractivity contribution in [3.05, 3.63) is 0 Å². The summed E-state index contributed by atoms with van der Waals surface area (Å²) in [5, 5.41) is 2.90. The van der Waals surface area contributed by atoms with Gasteiger partial charge in [0.1, 0.15) is 0 Å². The number of urea groups is 1.